The van der Waals surface area contributed by atoms with Crippen LogP contribution in [0.4, 0.5) is 9.18 Å². The Morgan fingerprint density at radius 2 is 1.65 bits per heavy atom. The van der Waals surface area contributed by atoms with Crippen molar-refractivity contribution in [2.45, 2.75) is 55.7 Å². The van der Waals surface area contributed by atoms with E-state index in [0.29, 0.717) is 12.8 Å². The molecule has 1 aromatic heterocycles. The lowest BCUT2D eigenvalue weighted by molar-refractivity contribution is -0.0906. The minimum absolute atomic E-state index is 0.00354. The summed E-state index contributed by atoms with van der Waals surface area (Å²) in [6.45, 7) is 0.270. The zero-order valence-corrected chi connectivity index (χ0v) is 18.9. The monoisotopic (exact) mass is 458 g/mol. The number of benzene rings is 2. The Morgan fingerprint density at radius 1 is 1.03 bits per heavy atom. The van der Waals surface area contributed by atoms with Gasteiger partial charge in [-0.2, -0.15) is 0 Å². The van der Waals surface area contributed by atoms with Crippen LogP contribution in [0.1, 0.15) is 54.7 Å². The summed E-state index contributed by atoms with van der Waals surface area (Å²) in [5.41, 5.74) is 3.71. The summed E-state index contributed by atoms with van der Waals surface area (Å²) in [7, 11) is 0. The molecule has 2 fully saturated rings. The number of rotatable bonds is 3. The second-order valence-corrected chi connectivity index (χ2v) is 9.75. The van der Waals surface area contributed by atoms with E-state index in [1.54, 1.807) is 6.07 Å². The van der Waals surface area contributed by atoms with Crippen molar-refractivity contribution in [2.75, 3.05) is 6.61 Å². The molecule has 3 aromatic rings. The maximum Gasteiger partial charge on any atom is 0.410 e. The molecule has 174 valence electrons. The van der Waals surface area contributed by atoms with Crippen LogP contribution < -0.4 is 0 Å². The number of hydrogen-bond acceptors (Lipinski definition) is 4. The third-order valence-electron chi connectivity index (χ3n) is 7.83. The van der Waals surface area contributed by atoms with Gasteiger partial charge in [-0.15, -0.1) is 0 Å². The van der Waals surface area contributed by atoms with E-state index < -0.39 is 11.4 Å². The lowest BCUT2D eigenvalue weighted by Crippen LogP contribution is -2.59. The maximum atomic E-state index is 14.5. The number of aromatic nitrogens is 1. The number of aliphatic hydroxyl groups is 1. The lowest BCUT2D eigenvalue weighted by atomic mass is 9.73. The summed E-state index contributed by atoms with van der Waals surface area (Å²) in [6, 6.07) is 17.7. The number of ether oxygens (including phenoxy) is 1. The normalized spacial score (nSPS) is 25.5. The number of nitrogens with zero attached hydrogens (tertiary/aromatic N) is 2. The summed E-state index contributed by atoms with van der Waals surface area (Å²) < 4.78 is 20.4. The number of pyridine rings is 1. The fourth-order valence-corrected chi connectivity index (χ4v) is 6.37. The SMILES string of the molecule is O=C(OCC1c2ccccc2-c2ccccc21)N1C2CCCC1CC(O)(c1ccncc1F)C2. The molecule has 2 aromatic carbocycles. The van der Waals surface area contributed by atoms with Gasteiger partial charge in [-0.05, 0) is 47.6 Å². The van der Waals surface area contributed by atoms with Crippen LogP contribution in [-0.4, -0.2) is 39.8 Å². The van der Waals surface area contributed by atoms with Gasteiger partial charge in [-0.25, -0.2) is 9.18 Å². The Morgan fingerprint density at radius 3 is 2.26 bits per heavy atom. The Hall–Kier alpha value is -3.25. The van der Waals surface area contributed by atoms with Gasteiger partial charge in [0.2, 0.25) is 0 Å². The largest absolute Gasteiger partial charge is 0.448 e. The minimum atomic E-state index is -1.30. The van der Waals surface area contributed by atoms with Crippen LogP contribution in [-0.2, 0) is 10.3 Å². The van der Waals surface area contributed by atoms with Crippen LogP contribution in [0.15, 0.2) is 67.0 Å². The molecule has 1 aliphatic carbocycles. The van der Waals surface area contributed by atoms with E-state index in [1.165, 1.54) is 28.5 Å². The van der Waals surface area contributed by atoms with Gasteiger partial charge in [0.1, 0.15) is 12.4 Å². The summed E-state index contributed by atoms with van der Waals surface area (Å²) in [5, 5.41) is 11.4. The highest BCUT2D eigenvalue weighted by Crippen LogP contribution is 2.47. The predicted octanol–water partition coefficient (Wildman–Crippen LogP) is 5.37. The van der Waals surface area contributed by atoms with Gasteiger partial charge in [0.05, 0.1) is 11.8 Å². The van der Waals surface area contributed by atoms with Crippen LogP contribution in [0.25, 0.3) is 11.1 Å². The quantitative estimate of drug-likeness (QED) is 0.573. The molecule has 34 heavy (non-hydrogen) atoms. The van der Waals surface area contributed by atoms with Crippen molar-refractivity contribution in [3.63, 3.8) is 0 Å². The molecule has 3 aliphatic rings. The molecule has 2 unspecified atom stereocenters. The standard InChI is InChI=1S/C28H27FN2O3/c29-26-16-30-13-12-25(26)28(33)14-18-6-5-7-19(15-28)31(18)27(32)34-17-24-22-10-3-1-8-20(22)21-9-2-4-11-23(21)24/h1-4,8-13,16,18-19,24,33H,5-7,14-15,17H2. The molecule has 0 saturated carbocycles. The van der Waals surface area contributed by atoms with E-state index in [0.717, 1.165) is 25.5 Å². The van der Waals surface area contributed by atoms with Gasteiger partial charge < -0.3 is 14.7 Å². The van der Waals surface area contributed by atoms with Crippen LogP contribution in [0.2, 0.25) is 0 Å². The van der Waals surface area contributed by atoms with E-state index in [4.69, 9.17) is 4.74 Å². The van der Waals surface area contributed by atoms with Gasteiger partial charge in [-0.1, -0.05) is 48.5 Å². The molecule has 6 heteroatoms. The van der Waals surface area contributed by atoms with Gasteiger partial charge in [0, 0.05) is 42.6 Å². The Kier molecular flexibility index (Phi) is 5.14. The van der Waals surface area contributed by atoms with E-state index in [-0.39, 0.29) is 36.3 Å². The van der Waals surface area contributed by atoms with Crippen molar-refractivity contribution in [3.05, 3.63) is 89.5 Å². The highest BCUT2D eigenvalue weighted by atomic mass is 19.1. The Labute approximate surface area is 198 Å². The van der Waals surface area contributed by atoms with Crippen LogP contribution in [0.5, 0.6) is 0 Å². The van der Waals surface area contributed by atoms with Crippen molar-refractivity contribution < 1.29 is 19.0 Å². The molecule has 5 nitrogen and oxygen atoms in total. The molecule has 2 bridgehead atoms. The van der Waals surface area contributed by atoms with Crippen molar-refractivity contribution in [1.82, 2.24) is 9.88 Å². The van der Waals surface area contributed by atoms with Gasteiger partial charge in [-0.3, -0.25) is 4.98 Å². The summed E-state index contributed by atoms with van der Waals surface area (Å²) in [4.78, 5) is 19.0. The molecule has 0 spiro atoms. The molecular formula is C28H27FN2O3. The molecular weight excluding hydrogens is 431 g/mol. The number of piperidine rings is 2. The van der Waals surface area contributed by atoms with E-state index in [1.807, 2.05) is 29.2 Å². The van der Waals surface area contributed by atoms with Gasteiger partial charge in [0.15, 0.2) is 0 Å². The Balaban J connectivity index is 1.21. The fraction of sp³-hybridized carbons (Fsp3) is 0.357. The summed E-state index contributed by atoms with van der Waals surface area (Å²) >= 11 is 0. The number of hydrogen-bond donors (Lipinski definition) is 1. The first-order valence-corrected chi connectivity index (χ1v) is 12.0. The molecule has 6 rings (SSSR count). The van der Waals surface area contributed by atoms with Gasteiger partial charge >= 0.3 is 6.09 Å². The molecule has 2 aliphatic heterocycles. The summed E-state index contributed by atoms with van der Waals surface area (Å²) in [5.74, 6) is -0.499. The molecule has 1 amide bonds. The van der Waals surface area contributed by atoms with Crippen molar-refractivity contribution in [2.24, 2.45) is 0 Å². The van der Waals surface area contributed by atoms with Crippen LogP contribution in [0, 0.1) is 5.82 Å². The predicted molar refractivity (Wildman–Crippen MR) is 126 cm³/mol. The number of fused-ring (bicyclic) bond motifs is 5. The van der Waals surface area contributed by atoms with E-state index in [2.05, 4.69) is 29.2 Å². The molecule has 3 heterocycles. The second kappa shape index (κ2) is 8.20. The van der Waals surface area contributed by atoms with Gasteiger partial charge in [0.25, 0.3) is 0 Å². The molecule has 2 saturated heterocycles. The average Bonchev–Trinajstić information content (AvgIpc) is 3.16. The van der Waals surface area contributed by atoms with Crippen LogP contribution >= 0.6 is 0 Å². The number of carbonyl (C=O) groups is 1. The first-order valence-electron chi connectivity index (χ1n) is 12.0. The molecule has 1 N–H and O–H groups in total. The molecule has 0 radical (unpaired) electrons. The highest BCUT2D eigenvalue weighted by molar-refractivity contribution is 5.79. The zero-order valence-electron chi connectivity index (χ0n) is 18.9. The first kappa shape index (κ1) is 21.3. The Bertz CT molecular complexity index is 1190. The van der Waals surface area contributed by atoms with Crippen LogP contribution in [0.3, 0.4) is 0 Å². The van der Waals surface area contributed by atoms with Crippen molar-refractivity contribution >= 4 is 6.09 Å². The topological polar surface area (TPSA) is 62.7 Å². The highest BCUT2D eigenvalue weighted by Gasteiger charge is 2.49. The van der Waals surface area contributed by atoms with E-state index in [9.17, 15) is 14.3 Å². The zero-order chi connectivity index (χ0) is 23.3. The summed E-state index contributed by atoms with van der Waals surface area (Å²) in [6.07, 6.45) is 5.44. The number of amides is 1. The molecule has 2 atom stereocenters. The average molecular weight is 459 g/mol. The number of carbonyl (C=O) groups excluding carboxylic acids is 1. The third-order valence-corrected chi connectivity index (χ3v) is 7.83. The fourth-order valence-electron chi connectivity index (χ4n) is 6.37. The van der Waals surface area contributed by atoms with E-state index >= 15 is 0 Å². The minimum Gasteiger partial charge on any atom is -0.448 e. The second-order valence-electron chi connectivity index (χ2n) is 9.75. The maximum absolute atomic E-state index is 14.5. The third kappa shape index (κ3) is 3.40. The first-order chi connectivity index (χ1) is 16.5. The number of halogens is 1. The lowest BCUT2D eigenvalue weighted by Gasteiger charge is -2.51. The van der Waals surface area contributed by atoms with Crippen molar-refractivity contribution in [1.29, 1.82) is 0 Å². The smallest absolute Gasteiger partial charge is 0.410 e. The van der Waals surface area contributed by atoms with Crippen molar-refractivity contribution in [3.8, 4) is 11.1 Å².